The van der Waals surface area contributed by atoms with Crippen LogP contribution in [0.25, 0.3) is 10.9 Å². The Morgan fingerprint density at radius 2 is 1.71 bits per heavy atom. The number of carbonyl (C=O) groups is 4. The summed E-state index contributed by atoms with van der Waals surface area (Å²) in [6, 6.07) is 17.0. The summed E-state index contributed by atoms with van der Waals surface area (Å²) in [5.74, 6) is -2.03. The predicted octanol–water partition coefficient (Wildman–Crippen LogP) is 4.88. The summed E-state index contributed by atoms with van der Waals surface area (Å²) in [6.07, 6.45) is 2.45. The Labute approximate surface area is 201 Å². The summed E-state index contributed by atoms with van der Waals surface area (Å²) in [5, 5.41) is 0.781. The second-order valence-electron chi connectivity index (χ2n) is 8.39. The van der Waals surface area contributed by atoms with Gasteiger partial charge in [-0.2, -0.15) is 0 Å². The number of fused-ring (bicyclic) bond motifs is 2. The molecule has 0 saturated heterocycles. The van der Waals surface area contributed by atoms with E-state index in [2.05, 4.69) is 4.98 Å². The monoisotopic (exact) mass is 466 g/mol. The fourth-order valence-electron chi connectivity index (χ4n) is 4.44. The van der Waals surface area contributed by atoms with Crippen LogP contribution in [0.15, 0.2) is 66.9 Å². The topological polar surface area (TPSA) is 96.5 Å². The molecule has 4 aromatic rings. The molecule has 0 spiro atoms. The summed E-state index contributed by atoms with van der Waals surface area (Å²) in [4.78, 5) is 55.6. The van der Waals surface area contributed by atoms with E-state index in [1.807, 2.05) is 44.2 Å². The highest BCUT2D eigenvalue weighted by atomic mass is 16.5. The van der Waals surface area contributed by atoms with Crippen LogP contribution in [-0.2, 0) is 11.2 Å². The quantitative estimate of drug-likeness (QED) is 0.248. The van der Waals surface area contributed by atoms with Crippen molar-refractivity contribution in [3.8, 4) is 0 Å². The summed E-state index contributed by atoms with van der Waals surface area (Å²) < 4.78 is 5.26. The number of para-hydroxylation sites is 2. The number of aromatic amines is 1. The molecule has 2 amide bonds. The number of ether oxygens (including phenoxy) is 1. The van der Waals surface area contributed by atoms with Gasteiger partial charge in [-0.05, 0) is 48.7 Å². The van der Waals surface area contributed by atoms with Gasteiger partial charge in [0.25, 0.3) is 11.8 Å². The minimum Gasteiger partial charge on any atom is -0.454 e. The van der Waals surface area contributed by atoms with Gasteiger partial charge in [-0.15, -0.1) is 0 Å². The number of esters is 1. The molecule has 7 heteroatoms. The van der Waals surface area contributed by atoms with Crippen molar-refractivity contribution in [1.29, 1.82) is 0 Å². The number of nitrogens with zero attached hydrogens (tertiary/aromatic N) is 1. The average Bonchev–Trinajstić information content (AvgIpc) is 3.41. The number of Topliss-reactive ketones (excluding diaryl/α,β-unsaturated/α-hetero) is 1. The molecule has 7 nitrogen and oxygen atoms in total. The molecule has 5 rings (SSSR count). The van der Waals surface area contributed by atoms with Crippen LogP contribution in [0.3, 0.4) is 0 Å². The fourth-order valence-corrected chi connectivity index (χ4v) is 4.44. The molecule has 1 aliphatic heterocycles. The Bertz CT molecular complexity index is 1530. The maximum absolute atomic E-state index is 13.0. The molecule has 1 aliphatic rings. The molecule has 174 valence electrons. The number of hydrogen-bond donors (Lipinski definition) is 1. The Morgan fingerprint density at radius 3 is 2.49 bits per heavy atom. The van der Waals surface area contributed by atoms with Crippen LogP contribution in [0.5, 0.6) is 0 Å². The van der Waals surface area contributed by atoms with Crippen molar-refractivity contribution < 1.29 is 23.9 Å². The molecule has 0 aliphatic carbocycles. The van der Waals surface area contributed by atoms with Crippen molar-refractivity contribution in [3.63, 3.8) is 0 Å². The van der Waals surface area contributed by atoms with Crippen molar-refractivity contribution in [2.75, 3.05) is 11.5 Å². The smallest absolute Gasteiger partial charge is 0.338 e. The van der Waals surface area contributed by atoms with E-state index in [-0.39, 0.29) is 22.5 Å². The molecular weight excluding hydrogens is 444 g/mol. The van der Waals surface area contributed by atoms with Crippen molar-refractivity contribution in [2.45, 2.75) is 20.3 Å². The number of ketones is 1. The van der Waals surface area contributed by atoms with E-state index in [0.29, 0.717) is 11.3 Å². The molecule has 1 aromatic heterocycles. The van der Waals surface area contributed by atoms with Gasteiger partial charge in [0, 0.05) is 22.7 Å². The molecule has 2 heterocycles. The predicted molar refractivity (Wildman–Crippen MR) is 131 cm³/mol. The van der Waals surface area contributed by atoms with Crippen molar-refractivity contribution in [1.82, 2.24) is 4.98 Å². The van der Waals surface area contributed by atoms with E-state index in [1.165, 1.54) is 18.2 Å². The zero-order chi connectivity index (χ0) is 24.7. The maximum Gasteiger partial charge on any atom is 0.338 e. The summed E-state index contributed by atoms with van der Waals surface area (Å²) >= 11 is 0. The van der Waals surface area contributed by atoms with Gasteiger partial charge in [0.1, 0.15) is 0 Å². The average molecular weight is 466 g/mol. The highest BCUT2D eigenvalue weighted by Crippen LogP contribution is 2.31. The van der Waals surface area contributed by atoms with E-state index in [0.717, 1.165) is 33.4 Å². The molecular formula is C28H22N2O5. The van der Waals surface area contributed by atoms with E-state index in [4.69, 9.17) is 4.74 Å². The summed E-state index contributed by atoms with van der Waals surface area (Å²) in [7, 11) is 0. The third-order valence-electron chi connectivity index (χ3n) is 6.30. The summed E-state index contributed by atoms with van der Waals surface area (Å²) in [5.41, 5.74) is 4.16. The normalized spacial score (nSPS) is 12.8. The first-order valence-corrected chi connectivity index (χ1v) is 11.3. The third-order valence-corrected chi connectivity index (χ3v) is 6.30. The zero-order valence-corrected chi connectivity index (χ0v) is 19.3. The Hall–Kier alpha value is -4.52. The molecule has 0 unspecified atom stereocenters. The first kappa shape index (κ1) is 22.3. The lowest BCUT2D eigenvalue weighted by atomic mass is 10.0. The third kappa shape index (κ3) is 3.71. The van der Waals surface area contributed by atoms with Gasteiger partial charge < -0.3 is 9.72 Å². The highest BCUT2D eigenvalue weighted by molar-refractivity contribution is 6.35. The van der Waals surface area contributed by atoms with E-state index in [1.54, 1.807) is 18.3 Å². The Morgan fingerprint density at radius 1 is 0.943 bits per heavy atom. The van der Waals surface area contributed by atoms with Gasteiger partial charge in [-0.1, -0.05) is 43.3 Å². The standard InChI is InChI=1S/C28H22N2O5/c1-3-17-8-6-9-19-22(14-29-25(17)19)24(31)15-35-28(34)18-11-12-20-21(13-18)27(33)30(26(20)32)23-10-5-4-7-16(23)2/h4-14,29H,3,15H2,1-2H3. The lowest BCUT2D eigenvalue weighted by Crippen LogP contribution is -2.29. The second kappa shape index (κ2) is 8.68. The molecule has 0 bridgehead atoms. The van der Waals surface area contributed by atoms with Gasteiger partial charge in [0.2, 0.25) is 5.78 Å². The number of rotatable bonds is 6. The maximum atomic E-state index is 13.0. The number of aromatic nitrogens is 1. The number of carbonyl (C=O) groups excluding carboxylic acids is 4. The fraction of sp³-hybridized carbons (Fsp3) is 0.143. The molecule has 0 fully saturated rings. The number of hydrogen-bond acceptors (Lipinski definition) is 5. The lowest BCUT2D eigenvalue weighted by molar-refractivity contribution is 0.0475. The number of imide groups is 1. The van der Waals surface area contributed by atoms with Crippen LogP contribution in [0.1, 0.15) is 59.5 Å². The van der Waals surface area contributed by atoms with Crippen LogP contribution in [0.2, 0.25) is 0 Å². The molecule has 0 atom stereocenters. The van der Waals surface area contributed by atoms with E-state index in [9.17, 15) is 19.2 Å². The van der Waals surface area contributed by atoms with Gasteiger partial charge in [-0.25, -0.2) is 9.69 Å². The number of benzene rings is 3. The first-order chi connectivity index (χ1) is 16.9. The highest BCUT2D eigenvalue weighted by Gasteiger charge is 2.37. The zero-order valence-electron chi connectivity index (χ0n) is 19.3. The SMILES string of the molecule is CCc1cccc2c(C(=O)COC(=O)c3ccc4c(c3)C(=O)N(c3ccccc3C)C4=O)c[nH]c12. The Balaban J connectivity index is 1.34. The number of nitrogens with one attached hydrogen (secondary N) is 1. The van der Waals surface area contributed by atoms with Crippen LogP contribution in [0.4, 0.5) is 5.69 Å². The molecule has 3 aromatic carbocycles. The van der Waals surface area contributed by atoms with Crippen LogP contribution < -0.4 is 4.90 Å². The van der Waals surface area contributed by atoms with Crippen LogP contribution in [-0.4, -0.2) is 35.2 Å². The molecule has 1 N–H and O–H groups in total. The molecule has 0 saturated carbocycles. The second-order valence-corrected chi connectivity index (χ2v) is 8.39. The van der Waals surface area contributed by atoms with E-state index >= 15 is 0 Å². The van der Waals surface area contributed by atoms with Crippen molar-refractivity contribution >= 4 is 40.2 Å². The van der Waals surface area contributed by atoms with Gasteiger partial charge in [0.15, 0.2) is 6.61 Å². The molecule has 0 radical (unpaired) electrons. The number of aryl methyl sites for hydroxylation is 2. The van der Waals surface area contributed by atoms with Gasteiger partial charge in [0.05, 0.1) is 22.4 Å². The minimum atomic E-state index is -0.746. The van der Waals surface area contributed by atoms with Gasteiger partial charge in [-0.3, -0.25) is 14.4 Å². The largest absolute Gasteiger partial charge is 0.454 e. The Kier molecular flexibility index (Phi) is 5.53. The number of amides is 2. The van der Waals surface area contributed by atoms with Crippen molar-refractivity contribution in [2.24, 2.45) is 0 Å². The summed E-state index contributed by atoms with van der Waals surface area (Å²) in [6.45, 7) is 3.41. The lowest BCUT2D eigenvalue weighted by Gasteiger charge is -2.16. The first-order valence-electron chi connectivity index (χ1n) is 11.3. The van der Waals surface area contributed by atoms with Gasteiger partial charge >= 0.3 is 5.97 Å². The van der Waals surface area contributed by atoms with E-state index < -0.39 is 24.4 Å². The minimum absolute atomic E-state index is 0.0940. The van der Waals surface area contributed by atoms with Crippen LogP contribution in [0, 0.1) is 6.92 Å². The number of anilines is 1. The van der Waals surface area contributed by atoms with Crippen LogP contribution >= 0.6 is 0 Å². The molecule has 35 heavy (non-hydrogen) atoms. The number of H-pyrrole nitrogens is 1. The van der Waals surface area contributed by atoms with Crippen molar-refractivity contribution in [3.05, 3.63) is 100 Å².